The smallest absolute Gasteiger partial charge is 0.324 e. The Kier molecular flexibility index (Phi) is 9.64. The molecular formula is C37H36O8. The molecule has 8 nitrogen and oxygen atoms in total. The number of ether oxygens (including phenoxy) is 4. The van der Waals surface area contributed by atoms with Gasteiger partial charge in [0, 0.05) is 43.1 Å². The van der Waals surface area contributed by atoms with Crippen LogP contribution in [-0.4, -0.2) is 46.3 Å². The Balaban J connectivity index is 1.92. The quantitative estimate of drug-likeness (QED) is 0.110. The predicted molar refractivity (Wildman–Crippen MR) is 169 cm³/mol. The summed E-state index contributed by atoms with van der Waals surface area (Å²) < 4.78 is 28.4. The van der Waals surface area contributed by atoms with Gasteiger partial charge < -0.3 is 23.4 Å². The third kappa shape index (κ3) is 6.06. The molecule has 45 heavy (non-hydrogen) atoms. The van der Waals surface area contributed by atoms with Gasteiger partial charge >= 0.3 is 17.9 Å². The van der Waals surface area contributed by atoms with Crippen LogP contribution in [0.25, 0.3) is 22.5 Å². The van der Waals surface area contributed by atoms with Crippen LogP contribution >= 0.6 is 0 Å². The van der Waals surface area contributed by atoms with Gasteiger partial charge in [-0.3, -0.25) is 14.4 Å². The van der Waals surface area contributed by atoms with Crippen LogP contribution in [0.15, 0.2) is 95.4 Å². The first-order chi connectivity index (χ1) is 21.9. The van der Waals surface area contributed by atoms with Gasteiger partial charge in [-0.1, -0.05) is 91.0 Å². The van der Waals surface area contributed by atoms with E-state index < -0.39 is 23.5 Å². The van der Waals surface area contributed by atoms with Crippen LogP contribution in [0.5, 0.6) is 0 Å². The molecule has 0 bridgehead atoms. The molecule has 0 spiro atoms. The number of fused-ring (bicyclic) bond motifs is 1. The van der Waals surface area contributed by atoms with Crippen molar-refractivity contribution in [2.24, 2.45) is 5.41 Å². The van der Waals surface area contributed by atoms with Crippen molar-refractivity contribution in [1.82, 2.24) is 0 Å². The Bertz CT molecular complexity index is 1670. The normalized spacial score (nSPS) is 15.4. The highest BCUT2D eigenvalue weighted by Crippen LogP contribution is 2.53. The lowest BCUT2D eigenvalue weighted by Gasteiger charge is -2.34. The highest BCUT2D eigenvalue weighted by atomic mass is 16.5. The Morgan fingerprint density at radius 2 is 1.31 bits per heavy atom. The molecule has 232 valence electrons. The van der Waals surface area contributed by atoms with Gasteiger partial charge in [-0.2, -0.15) is 0 Å². The first-order valence-corrected chi connectivity index (χ1v) is 14.7. The molecule has 0 saturated carbocycles. The van der Waals surface area contributed by atoms with Crippen molar-refractivity contribution in [1.29, 1.82) is 0 Å². The number of furan rings is 1. The number of carbonyl (C=O) groups excluding carboxylic acids is 3. The van der Waals surface area contributed by atoms with Gasteiger partial charge in [-0.05, 0) is 28.7 Å². The van der Waals surface area contributed by atoms with Gasteiger partial charge in [0.2, 0.25) is 0 Å². The fourth-order valence-corrected chi connectivity index (χ4v) is 6.24. The molecule has 1 aromatic heterocycles. The first kappa shape index (κ1) is 31.5. The topological polar surface area (TPSA) is 101 Å². The van der Waals surface area contributed by atoms with Crippen molar-refractivity contribution >= 4 is 29.1 Å². The largest absolute Gasteiger partial charge is 0.469 e. The summed E-state index contributed by atoms with van der Waals surface area (Å²) in [6.07, 6.45) is -0.344. The second kappa shape index (κ2) is 13.8. The molecule has 1 aliphatic rings. The minimum atomic E-state index is -1.73. The van der Waals surface area contributed by atoms with Crippen LogP contribution in [0.1, 0.15) is 53.4 Å². The van der Waals surface area contributed by atoms with Crippen LogP contribution < -0.4 is 0 Å². The number of hydrogen-bond acceptors (Lipinski definition) is 8. The zero-order chi connectivity index (χ0) is 32.0. The van der Waals surface area contributed by atoms with Gasteiger partial charge in [0.05, 0.1) is 21.3 Å². The first-order valence-electron chi connectivity index (χ1n) is 14.7. The number of benzene rings is 3. The number of hydrogen-bond donors (Lipinski definition) is 0. The fourth-order valence-electron chi connectivity index (χ4n) is 6.24. The van der Waals surface area contributed by atoms with E-state index in [-0.39, 0.29) is 31.7 Å². The molecule has 1 atom stereocenters. The lowest BCUT2D eigenvalue weighted by Crippen LogP contribution is -2.45. The summed E-state index contributed by atoms with van der Waals surface area (Å²) in [5.41, 5.74) is 3.73. The summed E-state index contributed by atoms with van der Waals surface area (Å²) in [5.74, 6) is -0.874. The summed E-state index contributed by atoms with van der Waals surface area (Å²) in [4.78, 5) is 39.7. The molecule has 1 heterocycles. The molecule has 0 unspecified atom stereocenters. The number of methoxy groups -OCH3 is 4. The van der Waals surface area contributed by atoms with Crippen molar-refractivity contribution in [3.63, 3.8) is 0 Å². The third-order valence-electron chi connectivity index (χ3n) is 8.34. The molecule has 5 rings (SSSR count). The molecule has 8 heteroatoms. The van der Waals surface area contributed by atoms with Crippen molar-refractivity contribution in [2.75, 3.05) is 28.4 Å². The Hall–Kier alpha value is -4.95. The van der Waals surface area contributed by atoms with E-state index in [0.29, 0.717) is 17.1 Å². The number of rotatable bonds is 10. The van der Waals surface area contributed by atoms with Crippen molar-refractivity contribution in [3.8, 4) is 11.3 Å². The van der Waals surface area contributed by atoms with E-state index in [2.05, 4.69) is 0 Å². The van der Waals surface area contributed by atoms with Crippen molar-refractivity contribution in [2.45, 2.75) is 31.8 Å². The summed E-state index contributed by atoms with van der Waals surface area (Å²) in [6.45, 7) is 0. The molecule has 3 aromatic carbocycles. The summed E-state index contributed by atoms with van der Waals surface area (Å²) in [6, 6.07) is 29.0. The molecule has 0 N–H and O–H groups in total. The molecule has 0 radical (unpaired) electrons. The van der Waals surface area contributed by atoms with E-state index >= 15 is 0 Å². The maximum Gasteiger partial charge on any atom is 0.324 e. The maximum atomic E-state index is 13.6. The summed E-state index contributed by atoms with van der Waals surface area (Å²) in [5, 5.41) is 0. The van der Waals surface area contributed by atoms with Gasteiger partial charge in [0.15, 0.2) is 5.41 Å². The van der Waals surface area contributed by atoms with Gasteiger partial charge in [0.1, 0.15) is 17.6 Å². The second-order valence-corrected chi connectivity index (χ2v) is 10.9. The molecule has 0 aliphatic heterocycles. The SMILES string of the molecule is COC(=O)CC/C(=C1/CC(C(=O)OC)(C(=O)OC)Cc2oc(-c3ccccc3)c([C@@H](OC)c3ccccc3)c21)c1ccccc1. The lowest BCUT2D eigenvalue weighted by atomic mass is 9.68. The highest BCUT2D eigenvalue weighted by molar-refractivity contribution is 6.06. The lowest BCUT2D eigenvalue weighted by molar-refractivity contribution is -0.169. The molecule has 4 aromatic rings. The van der Waals surface area contributed by atoms with E-state index in [4.69, 9.17) is 23.4 Å². The fraction of sp³-hybridized carbons (Fsp3) is 0.270. The Morgan fingerprint density at radius 1 is 0.733 bits per heavy atom. The maximum absolute atomic E-state index is 13.6. The monoisotopic (exact) mass is 608 g/mol. The Morgan fingerprint density at radius 3 is 1.87 bits per heavy atom. The Labute approximate surface area is 262 Å². The zero-order valence-electron chi connectivity index (χ0n) is 25.8. The van der Waals surface area contributed by atoms with Gasteiger partial charge in [-0.25, -0.2) is 0 Å². The van der Waals surface area contributed by atoms with E-state index in [9.17, 15) is 14.4 Å². The standard InChI is InChI=1S/C37H36O8/c1-41-30(38)21-20-27(24-14-8-5-9-15-24)28-22-37(35(39)43-3,36(40)44-4)23-29-31(28)32(33(42-2)25-16-10-6-11-17-25)34(45-29)26-18-12-7-13-19-26/h5-19,33H,20-23H2,1-4H3/b28-27+/t33-/m0/s1. The average molecular weight is 609 g/mol. The van der Waals surface area contributed by atoms with Crippen LogP contribution in [0.2, 0.25) is 0 Å². The minimum absolute atomic E-state index is 0.0449. The number of esters is 3. The number of allylic oxidation sites excluding steroid dienone is 2. The molecule has 0 saturated heterocycles. The molecule has 0 amide bonds. The van der Waals surface area contributed by atoms with Crippen LogP contribution in [0.3, 0.4) is 0 Å². The van der Waals surface area contributed by atoms with Gasteiger partial charge in [0.25, 0.3) is 0 Å². The van der Waals surface area contributed by atoms with Crippen molar-refractivity contribution < 1.29 is 37.7 Å². The predicted octanol–water partition coefficient (Wildman–Crippen LogP) is 6.83. The van der Waals surface area contributed by atoms with Crippen molar-refractivity contribution in [3.05, 3.63) is 119 Å². The van der Waals surface area contributed by atoms with Crippen LogP contribution in [0, 0.1) is 5.41 Å². The van der Waals surface area contributed by atoms with Crippen LogP contribution in [0.4, 0.5) is 0 Å². The third-order valence-corrected chi connectivity index (χ3v) is 8.34. The minimum Gasteiger partial charge on any atom is -0.469 e. The van der Waals surface area contributed by atoms with E-state index in [0.717, 1.165) is 33.4 Å². The van der Waals surface area contributed by atoms with E-state index in [1.807, 2.05) is 91.0 Å². The molecular weight excluding hydrogens is 572 g/mol. The number of carbonyl (C=O) groups is 3. The van der Waals surface area contributed by atoms with E-state index in [1.165, 1.54) is 21.3 Å². The second-order valence-electron chi connectivity index (χ2n) is 10.9. The van der Waals surface area contributed by atoms with E-state index in [1.54, 1.807) is 7.11 Å². The van der Waals surface area contributed by atoms with Crippen LogP contribution in [-0.2, 0) is 39.8 Å². The van der Waals surface area contributed by atoms with Gasteiger partial charge in [-0.15, -0.1) is 0 Å². The molecule has 0 fully saturated rings. The average Bonchev–Trinajstić information content (AvgIpc) is 3.47. The molecule has 1 aliphatic carbocycles. The highest BCUT2D eigenvalue weighted by Gasteiger charge is 2.54. The zero-order valence-corrected chi connectivity index (χ0v) is 25.8. The summed E-state index contributed by atoms with van der Waals surface area (Å²) in [7, 11) is 5.49. The summed E-state index contributed by atoms with van der Waals surface area (Å²) >= 11 is 0.